The van der Waals surface area contributed by atoms with Gasteiger partial charge in [0.15, 0.2) is 5.96 Å². The Hall–Kier alpha value is -2.62. The fourth-order valence-electron chi connectivity index (χ4n) is 5.06. The fraction of sp³-hybridized carbons (Fsp3) is 0.423. The highest BCUT2D eigenvalue weighted by atomic mass is 127. The van der Waals surface area contributed by atoms with Crippen molar-refractivity contribution >= 4 is 29.9 Å². The molecule has 1 atom stereocenters. The topological polar surface area (TPSA) is 76.4 Å². The summed E-state index contributed by atoms with van der Waals surface area (Å²) in [4.78, 5) is 8.95. The van der Waals surface area contributed by atoms with Crippen LogP contribution in [0.15, 0.2) is 66.2 Å². The number of guanidine groups is 1. The van der Waals surface area contributed by atoms with Crippen molar-refractivity contribution in [3.05, 3.63) is 77.9 Å². The molecule has 7 nitrogen and oxygen atoms in total. The van der Waals surface area contributed by atoms with Crippen molar-refractivity contribution in [2.45, 2.75) is 63.8 Å². The largest absolute Gasteiger partial charge is 0.487 e. The third-order valence-electron chi connectivity index (χ3n) is 6.59. The van der Waals surface area contributed by atoms with Crippen LogP contribution in [0.25, 0.3) is 0 Å². The molecule has 2 aliphatic rings. The molecule has 0 amide bonds. The quantitative estimate of drug-likeness (QED) is 0.251. The molecule has 8 heteroatoms. The third-order valence-corrected chi connectivity index (χ3v) is 6.59. The van der Waals surface area contributed by atoms with Gasteiger partial charge in [0.05, 0.1) is 19.1 Å². The second-order valence-electron chi connectivity index (χ2n) is 9.04. The molecule has 1 fully saturated rings. The number of fused-ring (bicyclic) bond motifs is 1. The van der Waals surface area contributed by atoms with E-state index in [1.54, 1.807) is 12.7 Å². The summed E-state index contributed by atoms with van der Waals surface area (Å²) in [6.45, 7) is 4.23. The van der Waals surface area contributed by atoms with Crippen molar-refractivity contribution in [2.24, 2.45) is 4.99 Å². The molecule has 1 aliphatic heterocycles. The van der Waals surface area contributed by atoms with Gasteiger partial charge in [0.2, 0.25) is 0 Å². The number of rotatable bonds is 6. The molecular weight excluding hydrogens is 539 g/mol. The van der Waals surface area contributed by atoms with Crippen LogP contribution in [0.5, 0.6) is 5.75 Å². The van der Waals surface area contributed by atoms with Gasteiger partial charge >= 0.3 is 0 Å². The van der Waals surface area contributed by atoms with Crippen molar-refractivity contribution < 1.29 is 4.74 Å². The Morgan fingerprint density at radius 3 is 2.76 bits per heavy atom. The van der Waals surface area contributed by atoms with Gasteiger partial charge in [-0.3, -0.25) is 0 Å². The van der Waals surface area contributed by atoms with Crippen molar-refractivity contribution in [3.63, 3.8) is 0 Å². The van der Waals surface area contributed by atoms with E-state index in [-0.39, 0.29) is 35.6 Å². The first kappa shape index (κ1) is 24.5. The maximum Gasteiger partial charge on any atom is 0.192 e. The van der Waals surface area contributed by atoms with E-state index in [1.165, 1.54) is 29.5 Å². The number of halogens is 1. The van der Waals surface area contributed by atoms with Gasteiger partial charge in [-0.05, 0) is 49.8 Å². The van der Waals surface area contributed by atoms with Gasteiger partial charge in [0, 0.05) is 18.5 Å². The summed E-state index contributed by atoms with van der Waals surface area (Å²) in [6.07, 6.45) is 9.02. The van der Waals surface area contributed by atoms with Crippen LogP contribution in [0, 0.1) is 0 Å². The number of aliphatic imine (C=N–C) groups is 1. The maximum absolute atomic E-state index is 6.53. The molecule has 1 saturated carbocycles. The Kier molecular flexibility index (Phi) is 8.07. The molecule has 2 heterocycles. The molecule has 0 bridgehead atoms. The first-order chi connectivity index (χ1) is 16.2. The summed E-state index contributed by atoms with van der Waals surface area (Å²) in [5.41, 5.74) is 3.53. The Balaban J connectivity index is 0.00000274. The predicted molar refractivity (Wildman–Crippen MR) is 145 cm³/mol. The molecule has 1 unspecified atom stereocenters. The average Bonchev–Trinajstić information content (AvgIpc) is 3.50. The summed E-state index contributed by atoms with van der Waals surface area (Å²) in [5, 5.41) is 11.4. The molecule has 1 aromatic heterocycles. The Morgan fingerprint density at radius 1 is 1.15 bits per heavy atom. The summed E-state index contributed by atoms with van der Waals surface area (Å²) in [6, 6.07) is 17.1. The zero-order valence-corrected chi connectivity index (χ0v) is 21.9. The van der Waals surface area contributed by atoms with E-state index in [0.717, 1.165) is 37.5 Å². The van der Waals surface area contributed by atoms with Crippen molar-refractivity contribution in [3.8, 4) is 5.75 Å². The molecule has 1 spiro atoms. The third kappa shape index (κ3) is 5.71. The number of nitrogens with one attached hydrogen (secondary N) is 2. The molecular formula is C26H33IN6O. The summed E-state index contributed by atoms with van der Waals surface area (Å²) in [5.74, 6) is 1.86. The molecule has 34 heavy (non-hydrogen) atoms. The van der Waals surface area contributed by atoms with Crippen molar-refractivity contribution in [2.75, 3.05) is 6.54 Å². The Bertz CT molecular complexity index is 1090. The van der Waals surface area contributed by atoms with E-state index >= 15 is 0 Å². The second-order valence-corrected chi connectivity index (χ2v) is 9.04. The molecule has 2 aromatic carbocycles. The normalized spacial score (nSPS) is 18.6. The molecule has 1 aliphatic carbocycles. The molecule has 0 radical (unpaired) electrons. The van der Waals surface area contributed by atoms with Gasteiger partial charge in [0.25, 0.3) is 0 Å². The van der Waals surface area contributed by atoms with E-state index in [1.807, 2.05) is 4.68 Å². The summed E-state index contributed by atoms with van der Waals surface area (Å²) >= 11 is 0. The number of hydrogen-bond acceptors (Lipinski definition) is 4. The SMILES string of the molecule is CCNC(=NCc1cccc(Cn2cncn2)c1)NC1CC2(CCCC2)Oc2ccccc21.I. The van der Waals surface area contributed by atoms with Crippen LogP contribution in [0.4, 0.5) is 0 Å². The Labute approximate surface area is 218 Å². The highest BCUT2D eigenvalue weighted by molar-refractivity contribution is 14.0. The van der Waals surface area contributed by atoms with Gasteiger partial charge in [-0.1, -0.05) is 42.5 Å². The maximum atomic E-state index is 6.53. The van der Waals surface area contributed by atoms with Crippen molar-refractivity contribution in [1.29, 1.82) is 0 Å². The number of benzene rings is 2. The lowest BCUT2D eigenvalue weighted by Gasteiger charge is -2.40. The molecule has 0 saturated heterocycles. The number of aromatic nitrogens is 3. The summed E-state index contributed by atoms with van der Waals surface area (Å²) < 4.78 is 8.35. The molecule has 3 aromatic rings. The number of hydrogen-bond donors (Lipinski definition) is 2. The van der Waals surface area contributed by atoms with Gasteiger partial charge in [-0.2, -0.15) is 5.10 Å². The summed E-state index contributed by atoms with van der Waals surface area (Å²) in [7, 11) is 0. The molecule has 180 valence electrons. The molecule has 5 rings (SSSR count). The van der Waals surface area contributed by atoms with Crippen LogP contribution in [-0.2, 0) is 13.1 Å². The van der Waals surface area contributed by atoms with E-state index in [2.05, 4.69) is 76.2 Å². The smallest absolute Gasteiger partial charge is 0.192 e. The van der Waals surface area contributed by atoms with Gasteiger partial charge in [-0.25, -0.2) is 14.7 Å². The minimum absolute atomic E-state index is 0. The highest BCUT2D eigenvalue weighted by Crippen LogP contribution is 2.46. The monoisotopic (exact) mass is 572 g/mol. The lowest BCUT2D eigenvalue weighted by molar-refractivity contribution is 0.0396. The van der Waals surface area contributed by atoms with Crippen LogP contribution in [0.2, 0.25) is 0 Å². The van der Waals surface area contributed by atoms with Crippen LogP contribution >= 0.6 is 24.0 Å². The van der Waals surface area contributed by atoms with Gasteiger partial charge < -0.3 is 15.4 Å². The number of ether oxygens (including phenoxy) is 1. The zero-order chi connectivity index (χ0) is 22.5. The lowest BCUT2D eigenvalue weighted by Crippen LogP contribution is -2.46. The average molecular weight is 572 g/mol. The second kappa shape index (κ2) is 11.2. The fourth-order valence-corrected chi connectivity index (χ4v) is 5.06. The van der Waals surface area contributed by atoms with Gasteiger partial charge in [0.1, 0.15) is 24.0 Å². The van der Waals surface area contributed by atoms with E-state index in [0.29, 0.717) is 13.1 Å². The van der Waals surface area contributed by atoms with Crippen LogP contribution in [0.3, 0.4) is 0 Å². The van der Waals surface area contributed by atoms with Gasteiger partial charge in [-0.15, -0.1) is 24.0 Å². The first-order valence-electron chi connectivity index (χ1n) is 12.0. The number of para-hydroxylation sites is 1. The Morgan fingerprint density at radius 2 is 1.97 bits per heavy atom. The lowest BCUT2D eigenvalue weighted by atomic mass is 9.86. The first-order valence-corrected chi connectivity index (χ1v) is 12.0. The van der Waals surface area contributed by atoms with Crippen LogP contribution < -0.4 is 15.4 Å². The predicted octanol–water partition coefficient (Wildman–Crippen LogP) is 4.84. The van der Waals surface area contributed by atoms with E-state index in [9.17, 15) is 0 Å². The molecule has 2 N–H and O–H groups in total. The zero-order valence-electron chi connectivity index (χ0n) is 19.6. The minimum atomic E-state index is -0.0426. The van der Waals surface area contributed by atoms with Crippen LogP contribution in [0.1, 0.15) is 61.8 Å². The van der Waals surface area contributed by atoms with E-state index < -0.39 is 0 Å². The van der Waals surface area contributed by atoms with Crippen molar-refractivity contribution in [1.82, 2.24) is 25.4 Å². The number of nitrogens with zero attached hydrogens (tertiary/aromatic N) is 4. The minimum Gasteiger partial charge on any atom is -0.487 e. The highest BCUT2D eigenvalue weighted by Gasteiger charge is 2.43. The standard InChI is InChI=1S/C26H32N6O.HI/c1-2-28-25(29-16-20-8-7-9-21(14-20)17-32-19-27-18-30-32)31-23-15-26(12-5-6-13-26)33-24-11-4-3-10-22(23)24;/h3-4,7-11,14,18-19,23H,2,5-6,12-13,15-17H2,1H3,(H2,28,29,31);1H. The van der Waals surface area contributed by atoms with Crippen LogP contribution in [-0.4, -0.2) is 32.9 Å². The van der Waals surface area contributed by atoms with E-state index in [4.69, 9.17) is 9.73 Å².